The zero-order valence-corrected chi connectivity index (χ0v) is 11.0. The molecule has 0 amide bonds. The number of benzene rings is 2. The van der Waals surface area contributed by atoms with Crippen LogP contribution in [-0.4, -0.2) is 5.17 Å². The van der Waals surface area contributed by atoms with Crippen LogP contribution in [0.2, 0.25) is 5.02 Å². The van der Waals surface area contributed by atoms with E-state index in [0.29, 0.717) is 10.6 Å². The smallest absolute Gasteiger partial charge is 0.156 e. The van der Waals surface area contributed by atoms with Gasteiger partial charge in [0.1, 0.15) is 5.82 Å². The summed E-state index contributed by atoms with van der Waals surface area (Å²) in [5, 5.41) is 4.53. The number of rotatable bonds is 3. The molecule has 2 aromatic carbocycles. The molecule has 1 N–H and O–H groups in total. The zero-order chi connectivity index (χ0) is 13.8. The van der Waals surface area contributed by atoms with Crippen LogP contribution < -0.4 is 5.43 Å². The fourth-order valence-electron chi connectivity index (χ4n) is 1.34. The van der Waals surface area contributed by atoms with Crippen LogP contribution in [0.3, 0.4) is 0 Å². The quantitative estimate of drug-likeness (QED) is 0.648. The van der Waals surface area contributed by atoms with Crippen LogP contribution in [0.1, 0.15) is 5.56 Å². The first-order chi connectivity index (χ1) is 9.06. The Kier molecular flexibility index (Phi) is 4.35. The number of nitrogens with zero attached hydrogens (tertiary/aromatic N) is 1. The molecule has 0 aliphatic carbocycles. The van der Waals surface area contributed by atoms with E-state index in [1.807, 2.05) is 0 Å². The number of hydrogen-bond acceptors (Lipinski definition) is 2. The van der Waals surface area contributed by atoms with E-state index in [1.165, 1.54) is 6.07 Å². The van der Waals surface area contributed by atoms with Crippen molar-refractivity contribution in [3.05, 3.63) is 64.7 Å². The summed E-state index contributed by atoms with van der Waals surface area (Å²) in [4.78, 5) is 0. The minimum absolute atomic E-state index is 0.0357. The van der Waals surface area contributed by atoms with Crippen molar-refractivity contribution in [2.45, 2.75) is 0 Å². The predicted octanol–water partition coefficient (Wildman–Crippen LogP) is 4.63. The lowest BCUT2D eigenvalue weighted by molar-refractivity contribution is 0.585. The zero-order valence-electron chi connectivity index (χ0n) is 9.50. The molecular weight excluding hydrogens is 293 g/mol. The third kappa shape index (κ3) is 3.66. The first kappa shape index (κ1) is 13.8. The average molecular weight is 301 g/mol. The van der Waals surface area contributed by atoms with Gasteiger partial charge in [0.25, 0.3) is 0 Å². The molecule has 98 valence electrons. The Labute approximate surface area is 118 Å². The summed E-state index contributed by atoms with van der Waals surface area (Å²) >= 11 is 11.7. The highest BCUT2D eigenvalue weighted by molar-refractivity contribution is 6.69. The van der Waals surface area contributed by atoms with E-state index in [9.17, 15) is 8.78 Å². The van der Waals surface area contributed by atoms with Gasteiger partial charge in [-0.2, -0.15) is 5.10 Å². The van der Waals surface area contributed by atoms with Gasteiger partial charge < -0.3 is 0 Å². The lowest BCUT2D eigenvalue weighted by Gasteiger charge is -2.03. The molecule has 0 unspecified atom stereocenters. The molecule has 2 nitrogen and oxygen atoms in total. The van der Waals surface area contributed by atoms with Gasteiger partial charge in [-0.05, 0) is 24.3 Å². The summed E-state index contributed by atoms with van der Waals surface area (Å²) < 4.78 is 26.0. The van der Waals surface area contributed by atoms with Gasteiger partial charge in [0.15, 0.2) is 11.0 Å². The van der Waals surface area contributed by atoms with Crippen molar-refractivity contribution in [2.24, 2.45) is 5.10 Å². The number of halogens is 4. The molecule has 6 heteroatoms. The molecule has 0 aliphatic heterocycles. The average Bonchev–Trinajstić information content (AvgIpc) is 2.38. The molecule has 0 aromatic heterocycles. The summed E-state index contributed by atoms with van der Waals surface area (Å²) in [6.45, 7) is 0. The van der Waals surface area contributed by atoms with E-state index < -0.39 is 11.6 Å². The summed E-state index contributed by atoms with van der Waals surface area (Å²) in [6, 6.07) is 9.79. The Morgan fingerprint density at radius 3 is 2.37 bits per heavy atom. The monoisotopic (exact) mass is 300 g/mol. The van der Waals surface area contributed by atoms with E-state index in [0.717, 1.165) is 12.1 Å². The Morgan fingerprint density at radius 1 is 1.05 bits per heavy atom. The van der Waals surface area contributed by atoms with Gasteiger partial charge in [-0.15, -0.1) is 0 Å². The number of nitrogens with one attached hydrogen (secondary N) is 1. The van der Waals surface area contributed by atoms with Gasteiger partial charge in [-0.3, -0.25) is 5.43 Å². The molecule has 0 bridgehead atoms. The van der Waals surface area contributed by atoms with E-state index in [-0.39, 0.29) is 10.9 Å². The molecule has 0 fully saturated rings. The Balaban J connectivity index is 2.15. The second kappa shape index (κ2) is 5.99. The molecular formula is C13H8Cl2F2N2. The van der Waals surface area contributed by atoms with Crippen LogP contribution in [0.25, 0.3) is 0 Å². The van der Waals surface area contributed by atoms with Crippen LogP contribution in [0.4, 0.5) is 14.5 Å². The summed E-state index contributed by atoms with van der Waals surface area (Å²) in [5.74, 6) is -1.40. The fraction of sp³-hybridized carbons (Fsp3) is 0. The van der Waals surface area contributed by atoms with Crippen LogP contribution >= 0.6 is 23.2 Å². The fourth-order valence-corrected chi connectivity index (χ4v) is 1.64. The predicted molar refractivity (Wildman–Crippen MR) is 73.8 cm³/mol. The molecule has 2 rings (SSSR count). The first-order valence-electron chi connectivity index (χ1n) is 5.26. The van der Waals surface area contributed by atoms with Gasteiger partial charge in [0.05, 0.1) is 5.69 Å². The van der Waals surface area contributed by atoms with Crippen molar-refractivity contribution in [3.8, 4) is 0 Å². The molecule has 0 aliphatic rings. The highest BCUT2D eigenvalue weighted by Crippen LogP contribution is 2.16. The van der Waals surface area contributed by atoms with Crippen molar-refractivity contribution in [1.29, 1.82) is 0 Å². The second-order valence-electron chi connectivity index (χ2n) is 3.65. The number of hydrazone groups is 1. The third-order valence-electron chi connectivity index (χ3n) is 2.29. The summed E-state index contributed by atoms with van der Waals surface area (Å²) in [6.07, 6.45) is 0. The van der Waals surface area contributed by atoms with Crippen LogP contribution in [0, 0.1) is 11.6 Å². The molecule has 19 heavy (non-hydrogen) atoms. The minimum Gasteiger partial charge on any atom is -0.274 e. The van der Waals surface area contributed by atoms with E-state index in [4.69, 9.17) is 23.2 Å². The van der Waals surface area contributed by atoms with Crippen molar-refractivity contribution in [1.82, 2.24) is 0 Å². The highest BCUT2D eigenvalue weighted by Gasteiger charge is 2.04. The molecule has 0 heterocycles. The lowest BCUT2D eigenvalue weighted by atomic mass is 10.2. The molecule has 2 aromatic rings. The molecule has 0 saturated carbocycles. The highest BCUT2D eigenvalue weighted by atomic mass is 35.5. The maximum atomic E-state index is 13.3. The topological polar surface area (TPSA) is 24.4 Å². The standard InChI is InChI=1S/C13H8Cl2F2N2/c14-9-3-1-8(2-4-9)13(15)19-18-12-6-5-10(16)7-11(12)17/h1-7,18H. The summed E-state index contributed by atoms with van der Waals surface area (Å²) in [5.41, 5.74) is 3.10. The number of anilines is 1. The van der Waals surface area contributed by atoms with Crippen molar-refractivity contribution < 1.29 is 8.78 Å². The van der Waals surface area contributed by atoms with Crippen LogP contribution in [-0.2, 0) is 0 Å². The van der Waals surface area contributed by atoms with Gasteiger partial charge in [0.2, 0.25) is 0 Å². The van der Waals surface area contributed by atoms with Crippen LogP contribution in [0.5, 0.6) is 0 Å². The van der Waals surface area contributed by atoms with Crippen molar-refractivity contribution in [2.75, 3.05) is 5.43 Å². The van der Waals surface area contributed by atoms with Gasteiger partial charge in [-0.25, -0.2) is 8.78 Å². The Hall–Kier alpha value is -1.65. The molecule has 0 atom stereocenters. The maximum absolute atomic E-state index is 13.3. The van der Waals surface area contributed by atoms with Gasteiger partial charge in [0, 0.05) is 16.7 Å². The normalized spacial score (nSPS) is 11.5. The van der Waals surface area contributed by atoms with Gasteiger partial charge >= 0.3 is 0 Å². The van der Waals surface area contributed by atoms with E-state index >= 15 is 0 Å². The van der Waals surface area contributed by atoms with Crippen molar-refractivity contribution in [3.63, 3.8) is 0 Å². The minimum atomic E-state index is -0.746. The second-order valence-corrected chi connectivity index (χ2v) is 4.44. The maximum Gasteiger partial charge on any atom is 0.156 e. The third-order valence-corrected chi connectivity index (χ3v) is 2.84. The van der Waals surface area contributed by atoms with Gasteiger partial charge in [-0.1, -0.05) is 35.3 Å². The Bertz CT molecular complexity index is 613. The lowest BCUT2D eigenvalue weighted by Crippen LogP contribution is -1.99. The first-order valence-corrected chi connectivity index (χ1v) is 6.02. The Morgan fingerprint density at radius 2 is 1.74 bits per heavy atom. The number of hydrogen-bond donors (Lipinski definition) is 1. The summed E-state index contributed by atoms with van der Waals surface area (Å²) in [7, 11) is 0. The van der Waals surface area contributed by atoms with Crippen molar-refractivity contribution >= 4 is 34.1 Å². The largest absolute Gasteiger partial charge is 0.274 e. The van der Waals surface area contributed by atoms with E-state index in [2.05, 4.69) is 10.5 Å². The molecule has 0 saturated heterocycles. The van der Waals surface area contributed by atoms with E-state index in [1.54, 1.807) is 24.3 Å². The molecule has 0 spiro atoms. The SMILES string of the molecule is Fc1ccc(NN=C(Cl)c2ccc(Cl)cc2)c(F)c1. The molecule has 0 radical (unpaired) electrons. The van der Waals surface area contributed by atoms with Crippen LogP contribution in [0.15, 0.2) is 47.6 Å².